The SMILES string of the molecule is Fc1ccc(C2Nc3c(OCC4CCCO4)cccc3C3C=CCC32)cc1. The van der Waals surface area contributed by atoms with E-state index in [2.05, 4.69) is 29.6 Å². The summed E-state index contributed by atoms with van der Waals surface area (Å²) in [6.07, 6.45) is 7.97. The summed E-state index contributed by atoms with van der Waals surface area (Å²) in [5.41, 5.74) is 3.48. The van der Waals surface area contributed by atoms with Crippen molar-refractivity contribution in [2.24, 2.45) is 5.92 Å². The van der Waals surface area contributed by atoms with Crippen molar-refractivity contribution in [3.8, 4) is 5.75 Å². The zero-order chi connectivity index (χ0) is 18.2. The number of anilines is 1. The Morgan fingerprint density at radius 1 is 1.15 bits per heavy atom. The van der Waals surface area contributed by atoms with Gasteiger partial charge in [0.15, 0.2) is 0 Å². The van der Waals surface area contributed by atoms with E-state index in [0.717, 1.165) is 42.9 Å². The van der Waals surface area contributed by atoms with Crippen LogP contribution in [0.25, 0.3) is 0 Å². The molecule has 0 spiro atoms. The molecule has 27 heavy (non-hydrogen) atoms. The first-order chi connectivity index (χ1) is 13.3. The number of fused-ring (bicyclic) bond motifs is 3. The zero-order valence-corrected chi connectivity index (χ0v) is 15.2. The number of rotatable bonds is 4. The summed E-state index contributed by atoms with van der Waals surface area (Å²) in [6, 6.07) is 13.3. The minimum atomic E-state index is -0.198. The van der Waals surface area contributed by atoms with Gasteiger partial charge in [-0.3, -0.25) is 0 Å². The van der Waals surface area contributed by atoms with E-state index < -0.39 is 0 Å². The summed E-state index contributed by atoms with van der Waals surface area (Å²) in [5.74, 6) is 1.49. The minimum Gasteiger partial charge on any atom is -0.489 e. The second kappa shape index (κ2) is 7.01. The molecular formula is C23H24FNO2. The van der Waals surface area contributed by atoms with Crippen molar-refractivity contribution in [2.45, 2.75) is 37.3 Å². The Hall–Kier alpha value is -2.33. The van der Waals surface area contributed by atoms with Gasteiger partial charge in [-0.15, -0.1) is 0 Å². The van der Waals surface area contributed by atoms with Crippen LogP contribution in [-0.2, 0) is 4.74 Å². The third-order valence-electron chi connectivity index (χ3n) is 6.04. The van der Waals surface area contributed by atoms with Gasteiger partial charge in [0.25, 0.3) is 0 Å². The lowest BCUT2D eigenvalue weighted by molar-refractivity contribution is 0.0681. The van der Waals surface area contributed by atoms with Crippen molar-refractivity contribution < 1.29 is 13.9 Å². The molecule has 3 nitrogen and oxygen atoms in total. The summed E-state index contributed by atoms with van der Waals surface area (Å²) in [7, 11) is 0. The monoisotopic (exact) mass is 365 g/mol. The van der Waals surface area contributed by atoms with Crippen LogP contribution in [0.2, 0.25) is 0 Å². The molecule has 2 aliphatic heterocycles. The topological polar surface area (TPSA) is 30.5 Å². The number of benzene rings is 2. The fourth-order valence-corrected chi connectivity index (χ4v) is 4.67. The standard InChI is InChI=1S/C23H24FNO2/c24-16-11-9-15(10-12-16)22-19-6-1-5-18(19)20-7-2-8-21(23(20)25-22)27-14-17-4-3-13-26-17/h1-2,5,7-12,17-19,22,25H,3-4,6,13-14H2. The van der Waals surface area contributed by atoms with Gasteiger partial charge in [-0.1, -0.05) is 36.4 Å². The van der Waals surface area contributed by atoms with Crippen LogP contribution in [0.4, 0.5) is 10.1 Å². The van der Waals surface area contributed by atoms with E-state index in [9.17, 15) is 4.39 Å². The van der Waals surface area contributed by atoms with E-state index in [1.807, 2.05) is 18.2 Å². The second-order valence-corrected chi connectivity index (χ2v) is 7.69. The average molecular weight is 365 g/mol. The third kappa shape index (κ3) is 3.12. The first kappa shape index (κ1) is 16.8. The molecule has 1 saturated heterocycles. The molecule has 0 radical (unpaired) electrons. The summed E-state index contributed by atoms with van der Waals surface area (Å²) in [6.45, 7) is 1.42. The van der Waals surface area contributed by atoms with Crippen molar-refractivity contribution in [1.29, 1.82) is 0 Å². The molecule has 1 aliphatic carbocycles. The highest BCUT2D eigenvalue weighted by atomic mass is 19.1. The Balaban J connectivity index is 1.46. The van der Waals surface area contributed by atoms with Crippen LogP contribution in [0.5, 0.6) is 5.75 Å². The van der Waals surface area contributed by atoms with Crippen LogP contribution in [0.1, 0.15) is 42.3 Å². The van der Waals surface area contributed by atoms with Gasteiger partial charge >= 0.3 is 0 Å². The van der Waals surface area contributed by atoms with E-state index >= 15 is 0 Å². The van der Waals surface area contributed by atoms with Gasteiger partial charge in [0.1, 0.15) is 18.2 Å². The lowest BCUT2D eigenvalue weighted by atomic mass is 9.77. The Bertz CT molecular complexity index is 842. The quantitative estimate of drug-likeness (QED) is 0.755. The summed E-state index contributed by atoms with van der Waals surface area (Å²) < 4.78 is 25.3. The third-order valence-corrected chi connectivity index (χ3v) is 6.04. The number of nitrogens with one attached hydrogen (secondary N) is 1. The molecule has 5 rings (SSSR count). The van der Waals surface area contributed by atoms with Crippen molar-refractivity contribution >= 4 is 5.69 Å². The van der Waals surface area contributed by atoms with E-state index in [-0.39, 0.29) is 18.0 Å². The van der Waals surface area contributed by atoms with Gasteiger partial charge < -0.3 is 14.8 Å². The Labute approximate surface area is 159 Å². The average Bonchev–Trinajstić information content (AvgIpc) is 3.38. The van der Waals surface area contributed by atoms with Gasteiger partial charge in [0, 0.05) is 12.5 Å². The number of halogens is 1. The normalized spacial score (nSPS) is 28.5. The maximum absolute atomic E-state index is 13.4. The van der Waals surface area contributed by atoms with Gasteiger partial charge in [0.2, 0.25) is 0 Å². The molecule has 2 aromatic carbocycles. The molecule has 140 valence electrons. The Kier molecular flexibility index (Phi) is 4.36. The number of para-hydroxylation sites is 1. The highest BCUT2D eigenvalue weighted by Gasteiger charge is 2.39. The molecule has 0 bridgehead atoms. The highest BCUT2D eigenvalue weighted by Crippen LogP contribution is 2.52. The van der Waals surface area contributed by atoms with Crippen molar-refractivity contribution in [3.63, 3.8) is 0 Å². The van der Waals surface area contributed by atoms with E-state index in [1.165, 1.54) is 5.56 Å². The van der Waals surface area contributed by atoms with E-state index in [0.29, 0.717) is 18.4 Å². The molecule has 2 heterocycles. The molecule has 1 N–H and O–H groups in total. The van der Waals surface area contributed by atoms with Crippen molar-refractivity contribution in [3.05, 3.63) is 71.6 Å². The highest BCUT2D eigenvalue weighted by molar-refractivity contribution is 5.67. The molecule has 4 unspecified atom stereocenters. The molecular weight excluding hydrogens is 341 g/mol. The predicted molar refractivity (Wildman–Crippen MR) is 104 cm³/mol. The lowest BCUT2D eigenvalue weighted by Gasteiger charge is -2.38. The first-order valence-electron chi connectivity index (χ1n) is 9.85. The van der Waals surface area contributed by atoms with Crippen molar-refractivity contribution in [1.82, 2.24) is 0 Å². The molecule has 0 aromatic heterocycles. The van der Waals surface area contributed by atoms with Crippen LogP contribution < -0.4 is 10.1 Å². The van der Waals surface area contributed by atoms with E-state index in [1.54, 1.807) is 12.1 Å². The molecule has 3 aliphatic rings. The zero-order valence-electron chi connectivity index (χ0n) is 15.2. The number of hydrogen-bond donors (Lipinski definition) is 1. The molecule has 2 aromatic rings. The molecule has 4 heteroatoms. The maximum Gasteiger partial charge on any atom is 0.142 e. The van der Waals surface area contributed by atoms with Crippen LogP contribution in [0, 0.1) is 11.7 Å². The summed E-state index contributed by atoms with van der Waals surface area (Å²) >= 11 is 0. The van der Waals surface area contributed by atoms with Crippen LogP contribution in [0.3, 0.4) is 0 Å². The largest absolute Gasteiger partial charge is 0.489 e. The van der Waals surface area contributed by atoms with Crippen LogP contribution in [-0.4, -0.2) is 19.3 Å². The fourth-order valence-electron chi connectivity index (χ4n) is 4.67. The molecule has 4 atom stereocenters. The fraction of sp³-hybridized carbons (Fsp3) is 0.391. The summed E-state index contributed by atoms with van der Waals surface area (Å²) in [5, 5.41) is 3.72. The van der Waals surface area contributed by atoms with Gasteiger partial charge in [-0.05, 0) is 54.5 Å². The Morgan fingerprint density at radius 2 is 2.04 bits per heavy atom. The van der Waals surface area contributed by atoms with Crippen LogP contribution in [0.15, 0.2) is 54.6 Å². The maximum atomic E-state index is 13.4. The predicted octanol–water partition coefficient (Wildman–Crippen LogP) is 5.21. The molecule has 0 amide bonds. The number of hydrogen-bond acceptors (Lipinski definition) is 3. The lowest BCUT2D eigenvalue weighted by Crippen LogP contribution is -2.29. The molecule has 1 fully saturated rings. The number of allylic oxidation sites excluding steroid dienone is 2. The number of ether oxygens (including phenoxy) is 2. The second-order valence-electron chi connectivity index (χ2n) is 7.69. The van der Waals surface area contributed by atoms with Gasteiger partial charge in [-0.25, -0.2) is 4.39 Å². The van der Waals surface area contributed by atoms with Crippen molar-refractivity contribution in [2.75, 3.05) is 18.5 Å². The van der Waals surface area contributed by atoms with Gasteiger partial charge in [-0.2, -0.15) is 0 Å². The van der Waals surface area contributed by atoms with Crippen LogP contribution >= 0.6 is 0 Å². The minimum absolute atomic E-state index is 0.144. The summed E-state index contributed by atoms with van der Waals surface area (Å²) in [4.78, 5) is 0. The first-order valence-corrected chi connectivity index (χ1v) is 9.85. The van der Waals surface area contributed by atoms with E-state index in [4.69, 9.17) is 9.47 Å². The Morgan fingerprint density at radius 3 is 2.85 bits per heavy atom. The smallest absolute Gasteiger partial charge is 0.142 e. The van der Waals surface area contributed by atoms with Gasteiger partial charge in [0.05, 0.1) is 17.8 Å². The molecule has 0 saturated carbocycles.